The minimum atomic E-state index is -0.434. The van der Waals surface area contributed by atoms with Crippen LogP contribution in [0.4, 0.5) is 0 Å². The minimum Gasteiger partial charge on any atom is -0.482 e. The SMILES string of the molecule is NC(=O)Cc1nc(C2CCc3ccccc3O2)n(CCc2ccccc2)n1. The van der Waals surface area contributed by atoms with Crippen molar-refractivity contribution in [2.75, 3.05) is 0 Å². The van der Waals surface area contributed by atoms with Crippen molar-refractivity contribution in [3.05, 3.63) is 77.4 Å². The van der Waals surface area contributed by atoms with Crippen LogP contribution < -0.4 is 10.5 Å². The van der Waals surface area contributed by atoms with E-state index in [4.69, 9.17) is 10.5 Å². The second kappa shape index (κ2) is 7.61. The summed E-state index contributed by atoms with van der Waals surface area (Å²) in [6.45, 7) is 0.673. The maximum absolute atomic E-state index is 11.3. The van der Waals surface area contributed by atoms with Crippen LogP contribution >= 0.6 is 0 Å². The van der Waals surface area contributed by atoms with Crippen molar-refractivity contribution in [3.63, 3.8) is 0 Å². The molecule has 1 atom stereocenters. The van der Waals surface area contributed by atoms with Gasteiger partial charge in [0.05, 0.1) is 6.42 Å². The van der Waals surface area contributed by atoms with E-state index in [1.165, 1.54) is 11.1 Å². The highest BCUT2D eigenvalue weighted by molar-refractivity contribution is 5.75. The normalized spacial score (nSPS) is 15.8. The van der Waals surface area contributed by atoms with Crippen LogP contribution in [-0.2, 0) is 30.6 Å². The van der Waals surface area contributed by atoms with Gasteiger partial charge in [-0.15, -0.1) is 0 Å². The third-order valence-electron chi connectivity index (χ3n) is 4.74. The Balaban J connectivity index is 1.58. The lowest BCUT2D eigenvalue weighted by Gasteiger charge is -2.25. The van der Waals surface area contributed by atoms with E-state index in [1.54, 1.807) is 0 Å². The standard InChI is InChI=1S/C21H22N4O2/c22-19(26)14-20-23-21(18-11-10-16-8-4-5-9-17(16)27-18)25(24-20)13-12-15-6-2-1-3-7-15/h1-9,18H,10-14H2,(H2,22,26). The first-order valence-corrected chi connectivity index (χ1v) is 9.19. The van der Waals surface area contributed by atoms with E-state index in [0.717, 1.165) is 30.8 Å². The molecule has 138 valence electrons. The second-order valence-corrected chi connectivity index (χ2v) is 6.74. The first-order chi connectivity index (χ1) is 13.2. The predicted molar refractivity (Wildman–Crippen MR) is 101 cm³/mol. The molecular formula is C21H22N4O2. The molecule has 0 saturated heterocycles. The molecule has 6 heteroatoms. The van der Waals surface area contributed by atoms with E-state index in [1.807, 2.05) is 41.1 Å². The predicted octanol–water partition coefficient (Wildman–Crippen LogP) is 2.61. The van der Waals surface area contributed by atoms with Gasteiger partial charge in [0.15, 0.2) is 17.8 Å². The molecule has 27 heavy (non-hydrogen) atoms. The van der Waals surface area contributed by atoms with Crippen molar-refractivity contribution >= 4 is 5.91 Å². The van der Waals surface area contributed by atoms with Gasteiger partial charge in [0.25, 0.3) is 0 Å². The number of hydrogen-bond acceptors (Lipinski definition) is 4. The fourth-order valence-electron chi connectivity index (χ4n) is 3.42. The zero-order valence-corrected chi connectivity index (χ0v) is 15.0. The second-order valence-electron chi connectivity index (χ2n) is 6.74. The lowest BCUT2D eigenvalue weighted by atomic mass is 10.0. The van der Waals surface area contributed by atoms with Gasteiger partial charge in [0.1, 0.15) is 5.75 Å². The first kappa shape index (κ1) is 17.3. The van der Waals surface area contributed by atoms with Crippen LogP contribution in [0.25, 0.3) is 0 Å². The zero-order chi connectivity index (χ0) is 18.6. The lowest BCUT2D eigenvalue weighted by molar-refractivity contribution is -0.117. The molecule has 0 aliphatic carbocycles. The van der Waals surface area contributed by atoms with Gasteiger partial charge >= 0.3 is 0 Å². The molecule has 2 N–H and O–H groups in total. The Labute approximate surface area is 158 Å². The number of hydrogen-bond donors (Lipinski definition) is 1. The summed E-state index contributed by atoms with van der Waals surface area (Å²) in [6.07, 6.45) is 2.45. The molecule has 0 radical (unpaired) electrons. The molecule has 3 aromatic rings. The fraction of sp³-hybridized carbons (Fsp3) is 0.286. The summed E-state index contributed by atoms with van der Waals surface area (Å²) >= 11 is 0. The number of fused-ring (bicyclic) bond motifs is 1. The number of aromatic nitrogens is 3. The van der Waals surface area contributed by atoms with Crippen LogP contribution in [0.2, 0.25) is 0 Å². The number of carbonyl (C=O) groups is 1. The maximum atomic E-state index is 11.3. The lowest BCUT2D eigenvalue weighted by Crippen LogP contribution is -2.20. The molecule has 1 unspecified atom stereocenters. The number of para-hydroxylation sites is 1. The van der Waals surface area contributed by atoms with Gasteiger partial charge in [0.2, 0.25) is 5.91 Å². The Morgan fingerprint density at radius 2 is 1.93 bits per heavy atom. The third-order valence-corrected chi connectivity index (χ3v) is 4.74. The monoisotopic (exact) mass is 362 g/mol. The summed E-state index contributed by atoms with van der Waals surface area (Å²) in [7, 11) is 0. The number of amides is 1. The molecule has 4 rings (SSSR count). The highest BCUT2D eigenvalue weighted by atomic mass is 16.5. The molecule has 0 fully saturated rings. The summed E-state index contributed by atoms with van der Waals surface area (Å²) in [5, 5.41) is 4.52. The number of nitrogens with two attached hydrogens (primary N) is 1. The van der Waals surface area contributed by atoms with E-state index >= 15 is 0 Å². The number of benzene rings is 2. The van der Waals surface area contributed by atoms with Gasteiger partial charge in [0, 0.05) is 6.54 Å². The summed E-state index contributed by atoms with van der Waals surface area (Å²) in [6, 6.07) is 18.3. The largest absolute Gasteiger partial charge is 0.482 e. The Hall–Kier alpha value is -3.15. The van der Waals surface area contributed by atoms with Crippen LogP contribution in [0.3, 0.4) is 0 Å². The Morgan fingerprint density at radius 3 is 2.74 bits per heavy atom. The number of ether oxygens (including phenoxy) is 1. The Bertz CT molecular complexity index is 936. The van der Waals surface area contributed by atoms with Crippen LogP contribution in [0.1, 0.15) is 35.3 Å². The molecule has 0 saturated carbocycles. The smallest absolute Gasteiger partial charge is 0.225 e. The fourth-order valence-corrected chi connectivity index (χ4v) is 3.42. The molecular weight excluding hydrogens is 340 g/mol. The molecule has 0 spiro atoms. The van der Waals surface area contributed by atoms with Crippen molar-refractivity contribution in [1.29, 1.82) is 0 Å². The third kappa shape index (κ3) is 4.00. The van der Waals surface area contributed by atoms with Gasteiger partial charge in [-0.25, -0.2) is 9.67 Å². The van der Waals surface area contributed by atoms with Gasteiger partial charge in [-0.1, -0.05) is 48.5 Å². The molecule has 2 aromatic carbocycles. The quantitative estimate of drug-likeness (QED) is 0.731. The first-order valence-electron chi connectivity index (χ1n) is 9.19. The number of primary amides is 1. The van der Waals surface area contributed by atoms with E-state index in [0.29, 0.717) is 12.4 Å². The molecule has 1 aliphatic heterocycles. The maximum Gasteiger partial charge on any atom is 0.225 e. The van der Waals surface area contributed by atoms with Gasteiger partial charge < -0.3 is 10.5 Å². The average molecular weight is 362 g/mol. The molecule has 2 heterocycles. The molecule has 1 aromatic heterocycles. The van der Waals surface area contributed by atoms with E-state index in [9.17, 15) is 4.79 Å². The molecule has 1 aliphatic rings. The topological polar surface area (TPSA) is 83.0 Å². The van der Waals surface area contributed by atoms with Gasteiger partial charge in [-0.2, -0.15) is 5.10 Å². The summed E-state index contributed by atoms with van der Waals surface area (Å²) in [5.41, 5.74) is 7.77. The van der Waals surface area contributed by atoms with Crippen LogP contribution in [0, 0.1) is 0 Å². The Morgan fingerprint density at radius 1 is 1.15 bits per heavy atom. The van der Waals surface area contributed by atoms with Crippen molar-refractivity contribution < 1.29 is 9.53 Å². The highest BCUT2D eigenvalue weighted by Gasteiger charge is 2.26. The van der Waals surface area contributed by atoms with Crippen molar-refractivity contribution in [1.82, 2.24) is 14.8 Å². The highest BCUT2D eigenvalue weighted by Crippen LogP contribution is 2.34. The van der Waals surface area contributed by atoms with Crippen LogP contribution in [-0.4, -0.2) is 20.7 Å². The van der Waals surface area contributed by atoms with Crippen LogP contribution in [0.5, 0.6) is 5.75 Å². The number of carbonyl (C=O) groups excluding carboxylic acids is 1. The van der Waals surface area contributed by atoms with E-state index in [-0.39, 0.29) is 12.5 Å². The summed E-state index contributed by atoms with van der Waals surface area (Å²) < 4.78 is 8.05. The zero-order valence-electron chi connectivity index (χ0n) is 15.0. The minimum absolute atomic E-state index is 0.0364. The number of aryl methyl sites for hydroxylation is 3. The number of nitrogens with zero attached hydrogens (tertiary/aromatic N) is 3. The number of rotatable bonds is 6. The van der Waals surface area contributed by atoms with Crippen molar-refractivity contribution in [3.8, 4) is 5.75 Å². The summed E-state index contributed by atoms with van der Waals surface area (Å²) in [4.78, 5) is 15.9. The van der Waals surface area contributed by atoms with Crippen molar-refractivity contribution in [2.24, 2.45) is 5.73 Å². The molecule has 6 nitrogen and oxygen atoms in total. The van der Waals surface area contributed by atoms with Gasteiger partial charge in [-0.05, 0) is 36.5 Å². The van der Waals surface area contributed by atoms with E-state index < -0.39 is 5.91 Å². The Kier molecular flexibility index (Phi) is 4.87. The van der Waals surface area contributed by atoms with Crippen molar-refractivity contribution in [2.45, 2.75) is 38.3 Å². The molecule has 1 amide bonds. The van der Waals surface area contributed by atoms with Gasteiger partial charge in [-0.3, -0.25) is 4.79 Å². The summed E-state index contributed by atoms with van der Waals surface area (Å²) in [5.74, 6) is 1.67. The molecule has 0 bridgehead atoms. The van der Waals surface area contributed by atoms with Crippen LogP contribution in [0.15, 0.2) is 54.6 Å². The average Bonchev–Trinajstić information content (AvgIpc) is 3.08. The van der Waals surface area contributed by atoms with E-state index in [2.05, 4.69) is 28.3 Å².